The van der Waals surface area contributed by atoms with Crippen LogP contribution in [0, 0.1) is 34.5 Å². The highest BCUT2D eigenvalue weighted by molar-refractivity contribution is 7.99. The minimum absolute atomic E-state index is 0.407. The largest absolute Gasteiger partial charge is 0.491 e. The van der Waals surface area contributed by atoms with Gasteiger partial charge in [-0.15, -0.1) is 11.8 Å². The van der Waals surface area contributed by atoms with E-state index in [-0.39, 0.29) is 0 Å². The molecule has 8 nitrogen and oxygen atoms in total. The lowest BCUT2D eigenvalue weighted by Gasteiger charge is -2.40. The van der Waals surface area contributed by atoms with Crippen LogP contribution >= 0.6 is 11.8 Å². The first-order valence-corrected chi connectivity index (χ1v) is 12.2. The third-order valence-corrected chi connectivity index (χ3v) is 7.10. The lowest BCUT2D eigenvalue weighted by atomic mass is 9.94. The van der Waals surface area contributed by atoms with Crippen LogP contribution in [0.5, 0.6) is 5.75 Å². The number of pyridine rings is 1. The number of benzene rings is 1. The van der Waals surface area contributed by atoms with Crippen molar-refractivity contribution in [1.82, 2.24) is 4.98 Å². The number of ether oxygens (including phenoxy) is 4. The molecule has 2 saturated heterocycles. The molecule has 9 heteroatoms. The van der Waals surface area contributed by atoms with Crippen LogP contribution in [0.2, 0.25) is 0 Å². The first-order valence-electron chi connectivity index (χ1n) is 11.2. The predicted octanol–water partition coefficient (Wildman–Crippen LogP) is 3.34. The first-order chi connectivity index (χ1) is 16.7. The third-order valence-electron chi connectivity index (χ3n) is 5.89. The van der Waals surface area contributed by atoms with Crippen LogP contribution in [-0.4, -0.2) is 71.1 Å². The summed E-state index contributed by atoms with van der Waals surface area (Å²) in [5, 5.41) is 20.9. The fourth-order valence-corrected chi connectivity index (χ4v) is 5.03. The van der Waals surface area contributed by atoms with E-state index in [0.29, 0.717) is 64.9 Å². The molecule has 0 aliphatic carbocycles. The molecule has 2 aliphatic rings. The van der Waals surface area contributed by atoms with E-state index in [1.807, 2.05) is 24.3 Å². The Morgan fingerprint density at radius 1 is 1.03 bits per heavy atom. The fourth-order valence-electron chi connectivity index (χ4n) is 4.01. The number of anilines is 1. The van der Waals surface area contributed by atoms with Crippen molar-refractivity contribution in [2.45, 2.75) is 5.03 Å². The number of rotatable bonds is 11. The Labute approximate surface area is 204 Å². The van der Waals surface area contributed by atoms with Gasteiger partial charge in [0.1, 0.15) is 40.9 Å². The van der Waals surface area contributed by atoms with Gasteiger partial charge in [0.15, 0.2) is 0 Å². The lowest BCUT2D eigenvalue weighted by Crippen LogP contribution is -2.49. The lowest BCUT2D eigenvalue weighted by molar-refractivity contribution is -0.0196. The van der Waals surface area contributed by atoms with E-state index in [1.54, 1.807) is 26.0 Å². The van der Waals surface area contributed by atoms with Crippen molar-refractivity contribution >= 4 is 17.6 Å². The van der Waals surface area contributed by atoms with E-state index in [2.05, 4.69) is 17.0 Å². The summed E-state index contributed by atoms with van der Waals surface area (Å²) in [5.41, 5.74) is 2.28. The zero-order chi connectivity index (χ0) is 23.9. The molecule has 34 heavy (non-hydrogen) atoms. The van der Waals surface area contributed by atoms with Crippen molar-refractivity contribution < 1.29 is 18.9 Å². The maximum atomic E-state index is 10.2. The number of nitriles is 2. The van der Waals surface area contributed by atoms with Crippen molar-refractivity contribution in [3.8, 4) is 29.0 Å². The van der Waals surface area contributed by atoms with Crippen molar-refractivity contribution in [2.75, 3.05) is 71.0 Å². The summed E-state index contributed by atoms with van der Waals surface area (Å²) in [6.07, 6.45) is 0. The summed E-state index contributed by atoms with van der Waals surface area (Å²) < 4.78 is 21.3. The Hall–Kier alpha value is -2.82. The Balaban J connectivity index is 1.71. The summed E-state index contributed by atoms with van der Waals surface area (Å²) in [5.74, 6) is 3.03. The van der Waals surface area contributed by atoms with Gasteiger partial charge in [0.25, 0.3) is 0 Å². The number of nitrogens with zero attached hydrogens (tertiary/aromatic N) is 4. The molecular weight excluding hydrogens is 452 g/mol. The van der Waals surface area contributed by atoms with Crippen LogP contribution in [0.1, 0.15) is 11.1 Å². The number of hydrogen-bond acceptors (Lipinski definition) is 9. The summed E-state index contributed by atoms with van der Waals surface area (Å²) in [6, 6.07) is 12.2. The molecule has 0 spiro atoms. The van der Waals surface area contributed by atoms with E-state index < -0.39 is 0 Å². The average molecular weight is 481 g/mol. The number of thioether (sulfide) groups is 1. The van der Waals surface area contributed by atoms with Gasteiger partial charge in [-0.1, -0.05) is 12.1 Å². The summed E-state index contributed by atoms with van der Waals surface area (Å²) in [6.45, 7) is 4.64. The van der Waals surface area contributed by atoms with Crippen LogP contribution in [0.25, 0.3) is 11.1 Å². The van der Waals surface area contributed by atoms with E-state index in [9.17, 15) is 10.5 Å². The summed E-state index contributed by atoms with van der Waals surface area (Å²) in [7, 11) is 3.33. The zero-order valence-electron chi connectivity index (χ0n) is 19.5. The second-order valence-electron chi connectivity index (χ2n) is 8.40. The zero-order valence-corrected chi connectivity index (χ0v) is 20.3. The Morgan fingerprint density at radius 2 is 1.76 bits per heavy atom. The average Bonchev–Trinajstić information content (AvgIpc) is 2.80. The SMILES string of the molecule is COCCOc1ccc(-c2c(C#N)c(SCC3COC3)nc(N3CC(COC)C3)c2C#N)cc1. The Morgan fingerprint density at radius 3 is 2.35 bits per heavy atom. The molecule has 0 amide bonds. The highest BCUT2D eigenvalue weighted by atomic mass is 32.2. The highest BCUT2D eigenvalue weighted by Gasteiger charge is 2.33. The smallest absolute Gasteiger partial charge is 0.148 e. The molecule has 3 heterocycles. The fraction of sp³-hybridized carbons (Fsp3) is 0.480. The molecule has 1 aromatic carbocycles. The van der Waals surface area contributed by atoms with Crippen LogP contribution in [-0.2, 0) is 14.2 Å². The summed E-state index contributed by atoms with van der Waals surface area (Å²) in [4.78, 5) is 6.94. The van der Waals surface area contributed by atoms with Gasteiger partial charge in [-0.3, -0.25) is 0 Å². The molecule has 2 aliphatic heterocycles. The molecule has 0 atom stereocenters. The highest BCUT2D eigenvalue weighted by Crippen LogP contribution is 2.40. The molecule has 178 valence electrons. The molecule has 4 rings (SSSR count). The van der Waals surface area contributed by atoms with Crippen LogP contribution in [0.3, 0.4) is 0 Å². The van der Waals surface area contributed by atoms with Crippen LogP contribution in [0.15, 0.2) is 29.3 Å². The standard InChI is InChI=1S/C25H28N4O4S/c1-30-7-8-33-20-5-3-19(4-6-20)23-21(9-26)24(29-11-17(12-29)13-31-2)28-25(22(23)10-27)34-16-18-14-32-15-18/h3-6,17-18H,7-8,11-16H2,1-2H3. The number of hydrogen-bond donors (Lipinski definition) is 0. The molecule has 0 saturated carbocycles. The van der Waals surface area contributed by atoms with Gasteiger partial charge in [0, 0.05) is 50.5 Å². The molecule has 0 N–H and O–H groups in total. The maximum Gasteiger partial charge on any atom is 0.148 e. The third kappa shape index (κ3) is 5.29. The first kappa shape index (κ1) is 24.3. The van der Waals surface area contributed by atoms with Crippen LogP contribution in [0.4, 0.5) is 5.82 Å². The van der Waals surface area contributed by atoms with E-state index >= 15 is 0 Å². The normalized spacial score (nSPS) is 15.8. The molecule has 2 fully saturated rings. The van der Waals surface area contributed by atoms with Gasteiger partial charge in [0.05, 0.1) is 32.0 Å². The Bertz CT molecular complexity index is 1070. The van der Waals surface area contributed by atoms with Gasteiger partial charge in [-0.25, -0.2) is 4.98 Å². The van der Waals surface area contributed by atoms with Gasteiger partial charge < -0.3 is 23.8 Å². The second-order valence-corrected chi connectivity index (χ2v) is 9.40. The van der Waals surface area contributed by atoms with Crippen molar-refractivity contribution in [1.29, 1.82) is 10.5 Å². The monoisotopic (exact) mass is 480 g/mol. The van der Waals surface area contributed by atoms with Crippen molar-refractivity contribution in [2.24, 2.45) is 11.8 Å². The quantitative estimate of drug-likeness (QED) is 0.354. The number of methoxy groups -OCH3 is 2. The maximum absolute atomic E-state index is 10.2. The summed E-state index contributed by atoms with van der Waals surface area (Å²) >= 11 is 1.56. The molecule has 0 bridgehead atoms. The van der Waals surface area contributed by atoms with E-state index in [0.717, 1.165) is 37.6 Å². The van der Waals surface area contributed by atoms with E-state index in [1.165, 1.54) is 0 Å². The minimum Gasteiger partial charge on any atom is -0.491 e. The van der Waals surface area contributed by atoms with Gasteiger partial charge >= 0.3 is 0 Å². The molecule has 2 aromatic rings. The van der Waals surface area contributed by atoms with Gasteiger partial charge in [-0.2, -0.15) is 10.5 Å². The Kier molecular flexibility index (Phi) is 8.25. The van der Waals surface area contributed by atoms with Crippen molar-refractivity contribution in [3.63, 3.8) is 0 Å². The van der Waals surface area contributed by atoms with Crippen LogP contribution < -0.4 is 9.64 Å². The molecule has 1 aromatic heterocycles. The second kappa shape index (κ2) is 11.5. The number of aromatic nitrogens is 1. The van der Waals surface area contributed by atoms with E-state index in [4.69, 9.17) is 23.9 Å². The topological polar surface area (TPSA) is 101 Å². The predicted molar refractivity (Wildman–Crippen MR) is 129 cm³/mol. The van der Waals surface area contributed by atoms with Gasteiger partial charge in [-0.05, 0) is 17.7 Å². The van der Waals surface area contributed by atoms with Gasteiger partial charge in [0.2, 0.25) is 0 Å². The molecule has 0 unspecified atom stereocenters. The molecule has 0 radical (unpaired) electrons. The molecular formula is C25H28N4O4S. The minimum atomic E-state index is 0.407. The van der Waals surface area contributed by atoms with Crippen molar-refractivity contribution in [3.05, 3.63) is 35.4 Å².